The Bertz CT molecular complexity index is 347. The van der Waals surface area contributed by atoms with Crippen LogP contribution in [0.25, 0.3) is 0 Å². The maximum absolute atomic E-state index is 14.8. The van der Waals surface area contributed by atoms with Crippen LogP contribution in [0.15, 0.2) is 0 Å². The minimum atomic E-state index is -1.13. The number of rotatable bonds is 6. The summed E-state index contributed by atoms with van der Waals surface area (Å²) in [7, 11) is 0. The van der Waals surface area contributed by atoms with Gasteiger partial charge < -0.3 is 14.2 Å². The molecule has 23 heavy (non-hydrogen) atoms. The molecule has 0 bridgehead atoms. The van der Waals surface area contributed by atoms with Gasteiger partial charge in [-0.1, -0.05) is 13.8 Å². The molecular formula is C18H30F2O3. The van der Waals surface area contributed by atoms with E-state index in [9.17, 15) is 8.78 Å². The van der Waals surface area contributed by atoms with Crippen LogP contribution in [0.5, 0.6) is 0 Å². The van der Waals surface area contributed by atoms with E-state index < -0.39 is 24.6 Å². The normalized spacial score (nSPS) is 46.4. The number of ether oxygens (including phenoxy) is 3. The fourth-order valence-electron chi connectivity index (χ4n) is 4.59. The van der Waals surface area contributed by atoms with E-state index in [2.05, 4.69) is 0 Å². The standard InChI is InChI=1S/C18H30F2O3/c1-3-9-21-13-7-5-11-12-6-8-14(22-10-4-2)16(20)18(12)23-17(11)15(13)19/h11-18H,3-10H2,1-2H3. The Hall–Kier alpha value is -0.260. The van der Waals surface area contributed by atoms with Crippen molar-refractivity contribution in [1.29, 1.82) is 0 Å². The van der Waals surface area contributed by atoms with Gasteiger partial charge in [0.15, 0.2) is 12.3 Å². The first kappa shape index (κ1) is 17.6. The third kappa shape index (κ3) is 3.42. The Labute approximate surface area is 138 Å². The van der Waals surface area contributed by atoms with Crippen molar-refractivity contribution in [3.8, 4) is 0 Å². The van der Waals surface area contributed by atoms with E-state index in [0.717, 1.165) is 38.5 Å². The summed E-state index contributed by atoms with van der Waals surface area (Å²) in [6, 6.07) is 0. The molecule has 1 heterocycles. The van der Waals surface area contributed by atoms with Gasteiger partial charge in [0.25, 0.3) is 0 Å². The molecule has 3 fully saturated rings. The molecule has 0 N–H and O–H groups in total. The molecule has 0 aromatic carbocycles. The summed E-state index contributed by atoms with van der Waals surface area (Å²) in [5, 5.41) is 0. The lowest BCUT2D eigenvalue weighted by molar-refractivity contribution is -0.133. The van der Waals surface area contributed by atoms with Crippen LogP contribution in [0.2, 0.25) is 0 Å². The van der Waals surface area contributed by atoms with E-state index in [0.29, 0.717) is 13.2 Å². The zero-order valence-corrected chi connectivity index (χ0v) is 14.3. The molecule has 3 aliphatic rings. The van der Waals surface area contributed by atoms with Crippen LogP contribution in [0, 0.1) is 11.8 Å². The number of alkyl halides is 2. The quantitative estimate of drug-likeness (QED) is 0.740. The van der Waals surface area contributed by atoms with Crippen LogP contribution in [0.1, 0.15) is 52.4 Å². The lowest BCUT2D eigenvalue weighted by atomic mass is 9.71. The molecule has 8 unspecified atom stereocenters. The van der Waals surface area contributed by atoms with Gasteiger partial charge in [-0.2, -0.15) is 0 Å². The van der Waals surface area contributed by atoms with Crippen LogP contribution in [-0.2, 0) is 14.2 Å². The molecule has 1 saturated heterocycles. The van der Waals surface area contributed by atoms with Crippen molar-refractivity contribution in [3.05, 3.63) is 0 Å². The van der Waals surface area contributed by atoms with Gasteiger partial charge in [-0.25, -0.2) is 8.78 Å². The molecule has 0 aromatic heterocycles. The summed E-state index contributed by atoms with van der Waals surface area (Å²) in [6.45, 7) is 5.19. The van der Waals surface area contributed by atoms with E-state index in [-0.39, 0.29) is 24.0 Å². The van der Waals surface area contributed by atoms with Crippen LogP contribution >= 0.6 is 0 Å². The van der Waals surface area contributed by atoms with E-state index in [1.54, 1.807) is 0 Å². The van der Waals surface area contributed by atoms with Crippen LogP contribution < -0.4 is 0 Å². The zero-order chi connectivity index (χ0) is 16.4. The van der Waals surface area contributed by atoms with Crippen molar-refractivity contribution in [2.45, 2.75) is 89.1 Å². The Morgan fingerprint density at radius 1 is 0.783 bits per heavy atom. The molecule has 0 amide bonds. The summed E-state index contributed by atoms with van der Waals surface area (Å²) in [4.78, 5) is 0. The van der Waals surface area contributed by atoms with Crippen LogP contribution in [0.3, 0.4) is 0 Å². The molecule has 8 atom stereocenters. The monoisotopic (exact) mass is 332 g/mol. The number of hydrogen-bond acceptors (Lipinski definition) is 3. The van der Waals surface area contributed by atoms with E-state index in [4.69, 9.17) is 14.2 Å². The second kappa shape index (κ2) is 7.75. The average molecular weight is 332 g/mol. The van der Waals surface area contributed by atoms with E-state index >= 15 is 0 Å². The maximum atomic E-state index is 14.8. The maximum Gasteiger partial charge on any atom is 0.152 e. The first-order valence-corrected chi connectivity index (χ1v) is 9.34. The topological polar surface area (TPSA) is 27.7 Å². The van der Waals surface area contributed by atoms with Gasteiger partial charge in [0.2, 0.25) is 0 Å². The smallest absolute Gasteiger partial charge is 0.152 e. The molecule has 0 radical (unpaired) electrons. The van der Waals surface area contributed by atoms with Crippen molar-refractivity contribution in [1.82, 2.24) is 0 Å². The third-order valence-corrected chi connectivity index (χ3v) is 5.69. The predicted octanol–water partition coefficient (Wildman–Crippen LogP) is 3.84. The van der Waals surface area contributed by atoms with Gasteiger partial charge in [-0.3, -0.25) is 0 Å². The highest BCUT2D eigenvalue weighted by Crippen LogP contribution is 2.49. The van der Waals surface area contributed by atoms with Gasteiger partial charge >= 0.3 is 0 Å². The molecule has 0 spiro atoms. The van der Waals surface area contributed by atoms with Crippen molar-refractivity contribution >= 4 is 0 Å². The molecule has 3 nitrogen and oxygen atoms in total. The molecule has 3 rings (SSSR count). The first-order valence-electron chi connectivity index (χ1n) is 9.34. The van der Waals surface area contributed by atoms with Gasteiger partial charge in [0, 0.05) is 13.2 Å². The lowest BCUT2D eigenvalue weighted by Crippen LogP contribution is -2.45. The number of halogens is 2. The second-order valence-electron chi connectivity index (χ2n) is 7.26. The Kier molecular flexibility index (Phi) is 5.92. The minimum absolute atomic E-state index is 0.141. The molecule has 2 saturated carbocycles. The van der Waals surface area contributed by atoms with Crippen molar-refractivity contribution in [2.24, 2.45) is 11.8 Å². The average Bonchev–Trinajstić information content (AvgIpc) is 2.94. The van der Waals surface area contributed by atoms with Crippen molar-refractivity contribution in [2.75, 3.05) is 13.2 Å². The highest BCUT2D eigenvalue weighted by molar-refractivity contribution is 5.04. The fourth-order valence-corrected chi connectivity index (χ4v) is 4.59. The minimum Gasteiger partial charge on any atom is -0.375 e. The first-order chi connectivity index (χ1) is 11.2. The molecule has 2 aliphatic carbocycles. The van der Waals surface area contributed by atoms with Crippen molar-refractivity contribution in [3.63, 3.8) is 0 Å². The summed E-state index contributed by atoms with van der Waals surface area (Å²) >= 11 is 0. The van der Waals surface area contributed by atoms with E-state index in [1.807, 2.05) is 13.8 Å². The van der Waals surface area contributed by atoms with Gasteiger partial charge in [-0.15, -0.1) is 0 Å². The molecule has 0 aromatic rings. The molecule has 134 valence electrons. The highest BCUT2D eigenvalue weighted by Gasteiger charge is 2.57. The lowest BCUT2D eigenvalue weighted by Gasteiger charge is -2.37. The van der Waals surface area contributed by atoms with Gasteiger partial charge in [0.1, 0.15) is 0 Å². The summed E-state index contributed by atoms with van der Waals surface area (Å²) in [5.41, 5.74) is 0. The van der Waals surface area contributed by atoms with Gasteiger partial charge in [0.05, 0.1) is 24.4 Å². The summed E-state index contributed by atoms with van der Waals surface area (Å²) < 4.78 is 46.8. The van der Waals surface area contributed by atoms with Crippen LogP contribution in [0.4, 0.5) is 8.78 Å². The Morgan fingerprint density at radius 2 is 1.22 bits per heavy atom. The van der Waals surface area contributed by atoms with Gasteiger partial charge in [-0.05, 0) is 50.4 Å². The third-order valence-electron chi connectivity index (χ3n) is 5.69. The number of hydrogen-bond donors (Lipinski definition) is 0. The predicted molar refractivity (Wildman–Crippen MR) is 84.0 cm³/mol. The Balaban J connectivity index is 1.63. The SMILES string of the molecule is CCCOC1CCC2C3CCC(OCCC)C(F)C3OC2C1F. The zero-order valence-electron chi connectivity index (χ0n) is 14.3. The molecule has 5 heteroatoms. The van der Waals surface area contributed by atoms with E-state index in [1.165, 1.54) is 0 Å². The highest BCUT2D eigenvalue weighted by atomic mass is 19.1. The van der Waals surface area contributed by atoms with Crippen molar-refractivity contribution < 1.29 is 23.0 Å². The molecule has 1 aliphatic heterocycles. The molecular weight excluding hydrogens is 302 g/mol. The van der Waals surface area contributed by atoms with Crippen LogP contribution in [-0.4, -0.2) is 50.0 Å². The fraction of sp³-hybridized carbons (Fsp3) is 1.00. The number of fused-ring (bicyclic) bond motifs is 3. The Morgan fingerprint density at radius 3 is 1.61 bits per heavy atom. The summed E-state index contributed by atoms with van der Waals surface area (Å²) in [5.74, 6) is 0.281. The summed E-state index contributed by atoms with van der Waals surface area (Å²) in [6.07, 6.45) is 0.945. The largest absolute Gasteiger partial charge is 0.375 e. The second-order valence-corrected chi connectivity index (χ2v) is 7.26.